The molecule has 5 heteroatoms. The van der Waals surface area contributed by atoms with Gasteiger partial charge in [-0.1, -0.05) is 0 Å². The number of carbonyl (C=O) groups is 1. The fraction of sp³-hybridized carbons (Fsp3) is 0.583. The summed E-state index contributed by atoms with van der Waals surface area (Å²) in [4.78, 5) is 17.3. The monoisotopic (exact) mass is 234 g/mol. The molecule has 1 aromatic rings. The number of aromatic nitrogens is 1. The van der Waals surface area contributed by atoms with Crippen LogP contribution < -0.4 is 11.1 Å². The molecule has 0 spiro atoms. The molecule has 5 nitrogen and oxygen atoms in total. The highest BCUT2D eigenvalue weighted by molar-refractivity contribution is 5.93. The van der Waals surface area contributed by atoms with Gasteiger partial charge in [-0.05, 0) is 37.9 Å². The van der Waals surface area contributed by atoms with Crippen LogP contribution in [0.5, 0.6) is 0 Å². The highest BCUT2D eigenvalue weighted by Crippen LogP contribution is 2.27. The Kier molecular flexibility index (Phi) is 2.55. The molecule has 3 fully saturated rings. The molecule has 2 bridgehead atoms. The second kappa shape index (κ2) is 4.07. The largest absolute Gasteiger partial charge is 0.397 e. The molecule has 3 aliphatic rings. The highest BCUT2D eigenvalue weighted by atomic mass is 16.2. The van der Waals surface area contributed by atoms with Gasteiger partial charge in [0, 0.05) is 24.5 Å². The molecular weight excluding hydrogens is 216 g/mol. The fourth-order valence-electron chi connectivity index (χ4n) is 2.92. The van der Waals surface area contributed by atoms with Crippen molar-refractivity contribution in [3.05, 3.63) is 18.0 Å². The van der Waals surface area contributed by atoms with Gasteiger partial charge in [-0.25, -0.2) is 0 Å². The molecule has 17 heavy (non-hydrogen) atoms. The summed E-state index contributed by atoms with van der Waals surface area (Å²) in [7, 11) is 0. The van der Waals surface area contributed by atoms with Crippen molar-refractivity contribution < 1.29 is 4.79 Å². The predicted octanol–water partition coefficient (Wildman–Crippen LogP) is 0.421. The quantitative estimate of drug-likeness (QED) is 0.694. The van der Waals surface area contributed by atoms with Gasteiger partial charge >= 0.3 is 0 Å². The molecule has 0 saturated carbocycles. The molecular formula is C12H18N4O. The maximum atomic E-state index is 12.0. The van der Waals surface area contributed by atoms with Crippen molar-refractivity contribution in [1.82, 2.24) is 15.2 Å². The van der Waals surface area contributed by atoms with Crippen LogP contribution in [-0.2, 0) is 0 Å². The standard InChI is InChI=1S/C12H18N4O/c13-9-5-10(14-6-9)12(17)15-11-7-16-3-1-8(11)2-4-16/h5-6,8,11,14H,1-4,7,13H2,(H,15,17). The summed E-state index contributed by atoms with van der Waals surface area (Å²) in [5, 5.41) is 3.11. The second-order valence-electron chi connectivity index (χ2n) is 5.06. The number of aromatic amines is 1. The number of nitrogens with one attached hydrogen (secondary N) is 2. The van der Waals surface area contributed by atoms with Gasteiger partial charge in [-0.15, -0.1) is 0 Å². The molecule has 4 N–H and O–H groups in total. The number of piperidine rings is 3. The Hall–Kier alpha value is -1.49. The number of amides is 1. The van der Waals surface area contributed by atoms with E-state index in [0.717, 1.165) is 6.54 Å². The van der Waals surface area contributed by atoms with E-state index in [2.05, 4.69) is 15.2 Å². The zero-order chi connectivity index (χ0) is 11.8. The van der Waals surface area contributed by atoms with Crippen LogP contribution in [0, 0.1) is 5.92 Å². The molecule has 1 unspecified atom stereocenters. The average Bonchev–Trinajstić information content (AvgIpc) is 2.77. The Morgan fingerprint density at radius 3 is 2.76 bits per heavy atom. The lowest BCUT2D eigenvalue weighted by molar-refractivity contribution is 0.0618. The lowest BCUT2D eigenvalue weighted by Gasteiger charge is -2.44. The van der Waals surface area contributed by atoms with Crippen molar-refractivity contribution in [3.63, 3.8) is 0 Å². The van der Waals surface area contributed by atoms with Crippen LogP contribution in [-0.4, -0.2) is 41.5 Å². The van der Waals surface area contributed by atoms with Crippen LogP contribution in [0.15, 0.2) is 12.3 Å². The fourth-order valence-corrected chi connectivity index (χ4v) is 2.92. The number of hydrogen-bond acceptors (Lipinski definition) is 3. The molecule has 3 aliphatic heterocycles. The Morgan fingerprint density at radius 2 is 2.24 bits per heavy atom. The minimum absolute atomic E-state index is 0.0413. The van der Waals surface area contributed by atoms with Crippen LogP contribution in [0.2, 0.25) is 0 Å². The molecule has 3 saturated heterocycles. The van der Waals surface area contributed by atoms with Gasteiger partial charge in [0.15, 0.2) is 0 Å². The third kappa shape index (κ3) is 2.02. The first-order valence-corrected chi connectivity index (χ1v) is 6.19. The van der Waals surface area contributed by atoms with Gasteiger partial charge in [0.2, 0.25) is 0 Å². The van der Waals surface area contributed by atoms with Gasteiger partial charge in [0.05, 0.1) is 0 Å². The summed E-state index contributed by atoms with van der Waals surface area (Å²) < 4.78 is 0. The van der Waals surface area contributed by atoms with Crippen LogP contribution in [0.4, 0.5) is 5.69 Å². The third-order valence-corrected chi connectivity index (χ3v) is 3.92. The molecule has 1 amide bonds. The molecule has 0 aromatic carbocycles. The zero-order valence-electron chi connectivity index (χ0n) is 9.78. The van der Waals surface area contributed by atoms with E-state index >= 15 is 0 Å². The molecule has 0 aliphatic carbocycles. The van der Waals surface area contributed by atoms with E-state index in [1.54, 1.807) is 12.3 Å². The summed E-state index contributed by atoms with van der Waals surface area (Å²) in [6, 6.07) is 1.98. The summed E-state index contributed by atoms with van der Waals surface area (Å²) >= 11 is 0. The van der Waals surface area contributed by atoms with Gasteiger partial charge in [0.1, 0.15) is 5.69 Å². The molecule has 1 aromatic heterocycles. The third-order valence-electron chi connectivity index (χ3n) is 3.92. The second-order valence-corrected chi connectivity index (χ2v) is 5.06. The van der Waals surface area contributed by atoms with E-state index in [1.807, 2.05) is 0 Å². The predicted molar refractivity (Wildman–Crippen MR) is 65.6 cm³/mol. The molecule has 92 valence electrons. The number of nitrogens with two attached hydrogens (primary N) is 1. The van der Waals surface area contributed by atoms with Crippen molar-refractivity contribution in [3.8, 4) is 0 Å². The highest BCUT2D eigenvalue weighted by Gasteiger charge is 2.34. The smallest absolute Gasteiger partial charge is 0.268 e. The number of nitrogen functional groups attached to an aromatic ring is 1. The van der Waals surface area contributed by atoms with Gasteiger partial charge in [0.25, 0.3) is 5.91 Å². The SMILES string of the molecule is Nc1c[nH]c(C(=O)NC2CN3CCC2CC3)c1. The number of fused-ring (bicyclic) bond motifs is 3. The first kappa shape index (κ1) is 10.7. The molecule has 0 radical (unpaired) electrons. The zero-order valence-corrected chi connectivity index (χ0v) is 9.78. The Bertz CT molecular complexity index is 420. The number of hydrogen-bond donors (Lipinski definition) is 3. The minimum atomic E-state index is -0.0413. The molecule has 4 rings (SSSR count). The van der Waals surface area contributed by atoms with E-state index in [9.17, 15) is 4.79 Å². The topological polar surface area (TPSA) is 74.1 Å². The number of anilines is 1. The first-order chi connectivity index (χ1) is 8.22. The van der Waals surface area contributed by atoms with E-state index in [0.29, 0.717) is 23.3 Å². The Labute approximate surface area is 100 Å². The number of H-pyrrole nitrogens is 1. The van der Waals surface area contributed by atoms with Crippen LogP contribution in [0.25, 0.3) is 0 Å². The maximum Gasteiger partial charge on any atom is 0.268 e. The van der Waals surface area contributed by atoms with Crippen LogP contribution >= 0.6 is 0 Å². The van der Waals surface area contributed by atoms with E-state index in [1.165, 1.54) is 25.9 Å². The number of nitrogens with zero attached hydrogens (tertiary/aromatic N) is 1. The average molecular weight is 234 g/mol. The number of rotatable bonds is 2. The van der Waals surface area contributed by atoms with E-state index < -0.39 is 0 Å². The van der Waals surface area contributed by atoms with Crippen LogP contribution in [0.1, 0.15) is 23.3 Å². The van der Waals surface area contributed by atoms with Gasteiger partial charge in [-0.2, -0.15) is 0 Å². The first-order valence-electron chi connectivity index (χ1n) is 6.19. The number of carbonyl (C=O) groups excluding carboxylic acids is 1. The Morgan fingerprint density at radius 1 is 1.47 bits per heavy atom. The van der Waals surface area contributed by atoms with Crippen molar-refractivity contribution in [2.45, 2.75) is 18.9 Å². The summed E-state index contributed by atoms with van der Waals surface area (Å²) in [6.07, 6.45) is 4.06. The van der Waals surface area contributed by atoms with Crippen molar-refractivity contribution in [2.75, 3.05) is 25.4 Å². The molecule has 4 heterocycles. The minimum Gasteiger partial charge on any atom is -0.397 e. The lowest BCUT2D eigenvalue weighted by atomic mass is 9.84. The summed E-state index contributed by atoms with van der Waals surface area (Å²) in [5.41, 5.74) is 6.75. The van der Waals surface area contributed by atoms with Gasteiger partial charge < -0.3 is 20.9 Å². The normalized spacial score (nSPS) is 31.4. The van der Waals surface area contributed by atoms with Crippen molar-refractivity contribution in [2.24, 2.45) is 5.92 Å². The Balaban J connectivity index is 1.65. The van der Waals surface area contributed by atoms with E-state index in [4.69, 9.17) is 5.73 Å². The van der Waals surface area contributed by atoms with Crippen molar-refractivity contribution >= 4 is 11.6 Å². The maximum absolute atomic E-state index is 12.0. The van der Waals surface area contributed by atoms with Crippen LogP contribution in [0.3, 0.4) is 0 Å². The van der Waals surface area contributed by atoms with Crippen molar-refractivity contribution in [1.29, 1.82) is 0 Å². The lowest BCUT2D eigenvalue weighted by Crippen LogP contribution is -2.57. The summed E-state index contributed by atoms with van der Waals surface area (Å²) in [6.45, 7) is 3.37. The van der Waals surface area contributed by atoms with E-state index in [-0.39, 0.29) is 5.91 Å². The van der Waals surface area contributed by atoms with Gasteiger partial charge in [-0.3, -0.25) is 4.79 Å². The molecule has 1 atom stereocenters. The summed E-state index contributed by atoms with van der Waals surface area (Å²) in [5.74, 6) is 0.608.